The highest BCUT2D eigenvalue weighted by Crippen LogP contribution is 2.27. The predicted octanol–water partition coefficient (Wildman–Crippen LogP) is 3.44. The van der Waals surface area contributed by atoms with E-state index in [4.69, 9.17) is 0 Å². The molecule has 0 aromatic heterocycles. The molecule has 0 aliphatic carbocycles. The molecular weight excluding hydrogens is 326 g/mol. The molecule has 0 aliphatic rings. The Labute approximate surface area is 155 Å². The average molecular weight is 353 g/mol. The van der Waals surface area contributed by atoms with Crippen LogP contribution in [0.3, 0.4) is 0 Å². The summed E-state index contributed by atoms with van der Waals surface area (Å²) < 4.78 is 0. The van der Waals surface area contributed by atoms with Gasteiger partial charge in [0.1, 0.15) is 0 Å². The molecule has 0 radical (unpaired) electrons. The van der Waals surface area contributed by atoms with Crippen molar-refractivity contribution in [1.29, 1.82) is 0 Å². The third kappa shape index (κ3) is 4.85. The van der Waals surface area contributed by atoms with Gasteiger partial charge >= 0.3 is 0 Å². The van der Waals surface area contributed by atoms with E-state index in [1.165, 1.54) is 0 Å². The van der Waals surface area contributed by atoms with Crippen LogP contribution in [-0.2, 0) is 4.79 Å². The van der Waals surface area contributed by atoms with Crippen LogP contribution in [0, 0.1) is 0 Å². The van der Waals surface area contributed by atoms with Gasteiger partial charge in [-0.05, 0) is 45.0 Å². The predicted molar refractivity (Wildman–Crippen MR) is 106 cm³/mol. The second-order valence-corrected chi connectivity index (χ2v) is 6.45. The minimum absolute atomic E-state index is 0.0489. The Kier molecular flexibility index (Phi) is 6.78. The quantitative estimate of drug-likeness (QED) is 0.829. The molecule has 1 N–H and O–H groups in total. The van der Waals surface area contributed by atoms with Gasteiger partial charge in [0.25, 0.3) is 5.91 Å². The Morgan fingerprint density at radius 1 is 1.00 bits per heavy atom. The van der Waals surface area contributed by atoms with Crippen molar-refractivity contribution in [1.82, 2.24) is 10.2 Å². The van der Waals surface area contributed by atoms with E-state index in [9.17, 15) is 9.59 Å². The number of likely N-dealkylation sites (N-methyl/N-ethyl adjacent to an activating group) is 1. The molecule has 2 aromatic carbocycles. The Morgan fingerprint density at radius 2 is 1.62 bits per heavy atom. The van der Waals surface area contributed by atoms with Crippen molar-refractivity contribution in [3.8, 4) is 0 Å². The molecule has 138 valence electrons. The lowest BCUT2D eigenvalue weighted by Crippen LogP contribution is -2.42. The normalized spacial score (nSPS) is 10.5. The van der Waals surface area contributed by atoms with Gasteiger partial charge in [0.15, 0.2) is 0 Å². The zero-order valence-corrected chi connectivity index (χ0v) is 15.9. The van der Waals surface area contributed by atoms with Gasteiger partial charge in [-0.25, -0.2) is 0 Å². The second kappa shape index (κ2) is 9.04. The van der Waals surface area contributed by atoms with E-state index < -0.39 is 0 Å². The minimum Gasteiger partial charge on any atom is -0.352 e. The molecule has 0 saturated carbocycles. The lowest BCUT2D eigenvalue weighted by Gasteiger charge is -2.26. The molecule has 26 heavy (non-hydrogen) atoms. The molecule has 0 spiro atoms. The first-order chi connectivity index (χ1) is 12.4. The average Bonchev–Trinajstić information content (AvgIpc) is 2.65. The van der Waals surface area contributed by atoms with Crippen molar-refractivity contribution in [2.24, 2.45) is 0 Å². The van der Waals surface area contributed by atoms with Gasteiger partial charge in [0.05, 0.1) is 17.8 Å². The van der Waals surface area contributed by atoms with Crippen molar-refractivity contribution in [2.75, 3.05) is 25.0 Å². The first kappa shape index (κ1) is 19.5. The number of hydrogen-bond acceptors (Lipinski definition) is 3. The SMILES string of the molecule is CCN(CC(=O)NC(C)C)C(=O)c1ccccc1N(C)c1ccccc1. The molecule has 0 unspecified atom stereocenters. The first-order valence-corrected chi connectivity index (χ1v) is 8.90. The summed E-state index contributed by atoms with van der Waals surface area (Å²) in [6, 6.07) is 17.4. The minimum atomic E-state index is -0.149. The standard InChI is InChI=1S/C21H27N3O2/c1-5-24(15-20(25)22-16(2)3)21(26)18-13-9-10-14-19(18)23(4)17-11-7-6-8-12-17/h6-14,16H,5,15H2,1-4H3,(H,22,25). The van der Waals surface area contributed by atoms with Crippen molar-refractivity contribution < 1.29 is 9.59 Å². The van der Waals surface area contributed by atoms with Crippen LogP contribution in [0.4, 0.5) is 11.4 Å². The van der Waals surface area contributed by atoms with E-state index in [1.54, 1.807) is 11.0 Å². The summed E-state index contributed by atoms with van der Waals surface area (Å²) in [7, 11) is 1.93. The van der Waals surface area contributed by atoms with Gasteiger partial charge in [-0.15, -0.1) is 0 Å². The zero-order valence-electron chi connectivity index (χ0n) is 15.9. The van der Waals surface area contributed by atoms with Crippen molar-refractivity contribution in [3.05, 3.63) is 60.2 Å². The highest BCUT2D eigenvalue weighted by atomic mass is 16.2. The van der Waals surface area contributed by atoms with Crippen LogP contribution < -0.4 is 10.2 Å². The Bertz CT molecular complexity index is 744. The van der Waals surface area contributed by atoms with Crippen LogP contribution in [0.2, 0.25) is 0 Å². The van der Waals surface area contributed by atoms with Gasteiger partial charge in [-0.3, -0.25) is 9.59 Å². The Hall–Kier alpha value is -2.82. The van der Waals surface area contributed by atoms with Gasteiger partial charge in [-0.1, -0.05) is 30.3 Å². The molecule has 5 nitrogen and oxygen atoms in total. The van der Waals surface area contributed by atoms with Gasteiger partial charge < -0.3 is 15.1 Å². The third-order valence-corrected chi connectivity index (χ3v) is 4.09. The van der Waals surface area contributed by atoms with Gasteiger partial charge in [-0.2, -0.15) is 0 Å². The highest BCUT2D eigenvalue weighted by Gasteiger charge is 2.21. The molecule has 5 heteroatoms. The third-order valence-electron chi connectivity index (χ3n) is 4.09. The summed E-state index contributed by atoms with van der Waals surface area (Å²) in [5.74, 6) is -0.297. The van der Waals surface area contributed by atoms with Crippen molar-refractivity contribution in [3.63, 3.8) is 0 Å². The number of nitrogens with zero attached hydrogens (tertiary/aromatic N) is 2. The number of nitrogens with one attached hydrogen (secondary N) is 1. The molecule has 0 bridgehead atoms. The summed E-state index contributed by atoms with van der Waals surface area (Å²) in [5, 5.41) is 2.83. The lowest BCUT2D eigenvalue weighted by atomic mass is 10.1. The molecule has 2 amide bonds. The number of carbonyl (C=O) groups is 2. The maximum atomic E-state index is 13.1. The van der Waals surface area contributed by atoms with Gasteiger partial charge in [0, 0.05) is 25.3 Å². The molecule has 2 aromatic rings. The van der Waals surface area contributed by atoms with Crippen molar-refractivity contribution in [2.45, 2.75) is 26.8 Å². The number of para-hydroxylation sites is 2. The van der Waals surface area contributed by atoms with Crippen LogP contribution in [0.5, 0.6) is 0 Å². The summed E-state index contributed by atoms with van der Waals surface area (Å²) in [6.45, 7) is 6.20. The fourth-order valence-electron chi connectivity index (χ4n) is 2.78. The maximum Gasteiger partial charge on any atom is 0.256 e. The van der Waals surface area contributed by atoms with E-state index in [0.29, 0.717) is 12.1 Å². The van der Waals surface area contributed by atoms with Crippen LogP contribution in [0.15, 0.2) is 54.6 Å². The van der Waals surface area contributed by atoms with E-state index in [0.717, 1.165) is 11.4 Å². The number of rotatable bonds is 7. The van der Waals surface area contributed by atoms with E-state index >= 15 is 0 Å². The smallest absolute Gasteiger partial charge is 0.256 e. The monoisotopic (exact) mass is 353 g/mol. The number of benzene rings is 2. The molecule has 2 rings (SSSR count). The molecule has 0 heterocycles. The zero-order chi connectivity index (χ0) is 19.1. The summed E-state index contributed by atoms with van der Waals surface area (Å²) in [6.07, 6.45) is 0. The topological polar surface area (TPSA) is 52.7 Å². The van der Waals surface area contributed by atoms with Gasteiger partial charge in [0.2, 0.25) is 5.91 Å². The fraction of sp³-hybridized carbons (Fsp3) is 0.333. The Morgan fingerprint density at radius 3 is 2.23 bits per heavy atom. The highest BCUT2D eigenvalue weighted by molar-refractivity contribution is 6.02. The van der Waals surface area contributed by atoms with E-state index in [2.05, 4.69) is 5.32 Å². The fourth-order valence-corrected chi connectivity index (χ4v) is 2.78. The van der Waals surface area contributed by atoms with E-state index in [-0.39, 0.29) is 24.4 Å². The van der Waals surface area contributed by atoms with Crippen molar-refractivity contribution >= 4 is 23.2 Å². The van der Waals surface area contributed by atoms with Crippen LogP contribution in [-0.4, -0.2) is 42.9 Å². The molecule has 0 atom stereocenters. The summed E-state index contributed by atoms with van der Waals surface area (Å²) in [4.78, 5) is 28.7. The number of amides is 2. The Balaban J connectivity index is 2.27. The van der Waals surface area contributed by atoms with Crippen LogP contribution >= 0.6 is 0 Å². The molecule has 0 fully saturated rings. The molecule has 0 aliphatic heterocycles. The van der Waals surface area contributed by atoms with E-state index in [1.807, 2.05) is 81.2 Å². The first-order valence-electron chi connectivity index (χ1n) is 8.90. The maximum absolute atomic E-state index is 13.1. The summed E-state index contributed by atoms with van der Waals surface area (Å²) in [5.41, 5.74) is 2.39. The molecule has 0 saturated heterocycles. The number of anilines is 2. The number of carbonyl (C=O) groups excluding carboxylic acids is 2. The van der Waals surface area contributed by atoms with Crippen LogP contribution in [0.25, 0.3) is 0 Å². The molecular formula is C21H27N3O2. The second-order valence-electron chi connectivity index (χ2n) is 6.45. The van der Waals surface area contributed by atoms with Crippen LogP contribution in [0.1, 0.15) is 31.1 Å². The lowest BCUT2D eigenvalue weighted by molar-refractivity contribution is -0.122. The largest absolute Gasteiger partial charge is 0.352 e. The number of hydrogen-bond donors (Lipinski definition) is 1. The summed E-state index contributed by atoms with van der Waals surface area (Å²) >= 11 is 0.